The fourth-order valence-electron chi connectivity index (χ4n) is 3.43. The van der Waals surface area contributed by atoms with Crippen LogP contribution in [0.3, 0.4) is 0 Å². The van der Waals surface area contributed by atoms with Crippen LogP contribution in [0.1, 0.15) is 38.1 Å². The number of aromatic nitrogens is 5. The first-order chi connectivity index (χ1) is 16.2. The molecule has 0 saturated heterocycles. The molecule has 34 heavy (non-hydrogen) atoms. The Labute approximate surface area is 194 Å². The number of hydrogen-bond donors (Lipinski definition) is 3. The number of pyridine rings is 1. The maximum Gasteiger partial charge on any atom is 0.217 e. The monoisotopic (exact) mass is 465 g/mol. The molecule has 3 aromatic heterocycles. The Hall–Kier alpha value is -4.01. The second-order valence-corrected chi connectivity index (χ2v) is 8.03. The molecule has 0 radical (unpaired) electrons. The number of nitrogens with zero attached hydrogens (tertiary/aromatic N) is 5. The van der Waals surface area contributed by atoms with E-state index in [0.29, 0.717) is 29.0 Å². The van der Waals surface area contributed by atoms with Crippen LogP contribution >= 0.6 is 0 Å². The maximum atomic E-state index is 14.4. The molecule has 3 heterocycles. The van der Waals surface area contributed by atoms with E-state index in [4.69, 9.17) is 20.8 Å². The molecule has 176 valence electrons. The summed E-state index contributed by atoms with van der Waals surface area (Å²) in [4.78, 5) is 9.12. The van der Waals surface area contributed by atoms with Crippen LogP contribution in [0.5, 0.6) is 5.88 Å². The molecule has 1 unspecified atom stereocenters. The van der Waals surface area contributed by atoms with Gasteiger partial charge in [-0.3, -0.25) is 0 Å². The van der Waals surface area contributed by atoms with Gasteiger partial charge in [0.2, 0.25) is 5.88 Å². The number of nitrogen functional groups attached to an aromatic ring is 1. The van der Waals surface area contributed by atoms with E-state index < -0.39 is 17.5 Å². The number of rotatable bonds is 6. The number of fused-ring (bicyclic) bond motifs is 1. The molecule has 0 aliphatic heterocycles. The van der Waals surface area contributed by atoms with Crippen LogP contribution in [0.25, 0.3) is 22.6 Å². The normalized spacial score (nSPS) is 12.4. The topological polar surface area (TPSA) is 151 Å². The molecule has 1 atom stereocenters. The number of nitrogens with two attached hydrogens (primary N) is 2. The molecule has 4 aromatic rings. The number of anilines is 1. The number of aliphatic hydroxyl groups is 1. The highest BCUT2D eigenvalue weighted by atomic mass is 19.1. The lowest BCUT2D eigenvalue weighted by Crippen LogP contribution is -2.20. The van der Waals surface area contributed by atoms with Gasteiger partial charge in [0, 0.05) is 24.7 Å². The minimum atomic E-state index is -1.27. The fourth-order valence-corrected chi connectivity index (χ4v) is 3.43. The molecule has 10 nitrogen and oxygen atoms in total. The first kappa shape index (κ1) is 23.2. The average molecular weight is 465 g/mol. The van der Waals surface area contributed by atoms with Crippen molar-refractivity contribution in [1.82, 2.24) is 24.8 Å². The average Bonchev–Trinajstić information content (AvgIpc) is 3.38. The molecular weight excluding hydrogens is 441 g/mol. The Bertz CT molecular complexity index is 1400. The third-order valence-electron chi connectivity index (χ3n) is 4.97. The van der Waals surface area contributed by atoms with Gasteiger partial charge in [0.15, 0.2) is 17.3 Å². The maximum absolute atomic E-state index is 14.4. The van der Waals surface area contributed by atoms with Crippen molar-refractivity contribution in [1.29, 1.82) is 0 Å². The summed E-state index contributed by atoms with van der Waals surface area (Å²) in [5.74, 6) is 5.84. The van der Waals surface area contributed by atoms with Gasteiger partial charge >= 0.3 is 0 Å². The largest absolute Gasteiger partial charge is 0.468 e. The molecular formula is C23H24FN7O3. The van der Waals surface area contributed by atoms with Gasteiger partial charge in [0.05, 0.1) is 5.52 Å². The van der Waals surface area contributed by atoms with Gasteiger partial charge in [-0.25, -0.2) is 19.0 Å². The van der Waals surface area contributed by atoms with Crippen LogP contribution in [0.15, 0.2) is 35.0 Å². The second-order valence-electron chi connectivity index (χ2n) is 8.03. The van der Waals surface area contributed by atoms with Crippen LogP contribution < -0.4 is 16.2 Å². The van der Waals surface area contributed by atoms with Crippen molar-refractivity contribution >= 4 is 16.9 Å². The van der Waals surface area contributed by atoms with Gasteiger partial charge in [-0.15, -0.1) is 0 Å². The lowest BCUT2D eigenvalue weighted by atomic mass is 10.1. The zero-order chi connectivity index (χ0) is 24.5. The predicted molar refractivity (Wildman–Crippen MR) is 123 cm³/mol. The molecule has 11 heteroatoms. The van der Waals surface area contributed by atoms with Gasteiger partial charge in [-0.1, -0.05) is 24.1 Å². The summed E-state index contributed by atoms with van der Waals surface area (Å²) in [6, 6.07) is 7.91. The summed E-state index contributed by atoms with van der Waals surface area (Å²) in [7, 11) is 0. The van der Waals surface area contributed by atoms with E-state index in [1.807, 2.05) is 11.5 Å². The molecule has 0 bridgehead atoms. The molecule has 4 rings (SSSR count). The SMILES string of the molecule is CCn1c(-c2nonc2N)nc2c(C#CC(C)(C)O)nc(OC(CN)c3ccccc3F)cc21. The number of hydrogen-bond acceptors (Lipinski definition) is 9. The van der Waals surface area contributed by atoms with E-state index >= 15 is 0 Å². The lowest BCUT2D eigenvalue weighted by molar-refractivity contribution is 0.143. The summed E-state index contributed by atoms with van der Waals surface area (Å²) in [5, 5.41) is 17.6. The van der Waals surface area contributed by atoms with Gasteiger partial charge in [-0.05, 0) is 43.1 Å². The number of aryl methyl sites for hydroxylation is 1. The minimum absolute atomic E-state index is 0.0186. The molecule has 1 aromatic carbocycles. The Morgan fingerprint density at radius 1 is 1.26 bits per heavy atom. The molecule has 0 aliphatic rings. The van der Waals surface area contributed by atoms with E-state index in [1.54, 1.807) is 38.1 Å². The highest BCUT2D eigenvalue weighted by Gasteiger charge is 2.23. The molecule has 5 N–H and O–H groups in total. The quantitative estimate of drug-likeness (QED) is 0.365. The van der Waals surface area contributed by atoms with Crippen molar-refractivity contribution in [3.05, 3.63) is 47.4 Å². The summed E-state index contributed by atoms with van der Waals surface area (Å²) in [6.45, 7) is 5.54. The number of imidazole rings is 1. The molecule has 0 saturated carbocycles. The summed E-state index contributed by atoms with van der Waals surface area (Å²) < 4.78 is 27.0. The van der Waals surface area contributed by atoms with Crippen molar-refractivity contribution in [2.75, 3.05) is 12.3 Å². The Kier molecular flexibility index (Phi) is 6.19. The third-order valence-corrected chi connectivity index (χ3v) is 4.97. The number of benzene rings is 1. The number of halogens is 1. The standard InChI is InChI=1S/C23H24FN7O3/c1-4-31-16-11-18(33-17(12-25)13-7-5-6-8-14(13)24)27-15(9-10-23(2,3)32)19(16)28-22(31)20-21(26)30-34-29-20/h5-8,11,17,32H,4,12,25H2,1-3H3,(H2,26,30). The van der Waals surface area contributed by atoms with E-state index in [9.17, 15) is 9.50 Å². The number of ether oxygens (including phenoxy) is 1. The van der Waals surface area contributed by atoms with Gasteiger partial charge in [0.25, 0.3) is 0 Å². The molecule has 0 spiro atoms. The van der Waals surface area contributed by atoms with Crippen molar-refractivity contribution in [2.45, 2.75) is 39.0 Å². The van der Waals surface area contributed by atoms with E-state index in [-0.39, 0.29) is 29.6 Å². The van der Waals surface area contributed by atoms with Crippen LogP contribution in [0.4, 0.5) is 10.2 Å². The van der Waals surface area contributed by atoms with Crippen LogP contribution in [0, 0.1) is 17.7 Å². The summed E-state index contributed by atoms with van der Waals surface area (Å²) >= 11 is 0. The predicted octanol–water partition coefficient (Wildman–Crippen LogP) is 2.42. The Balaban J connectivity index is 1.90. The Morgan fingerprint density at radius 3 is 2.65 bits per heavy atom. The van der Waals surface area contributed by atoms with E-state index in [1.165, 1.54) is 6.07 Å². The first-order valence-electron chi connectivity index (χ1n) is 10.6. The van der Waals surface area contributed by atoms with E-state index in [2.05, 4.69) is 32.1 Å². The first-order valence-corrected chi connectivity index (χ1v) is 10.6. The highest BCUT2D eigenvalue weighted by Crippen LogP contribution is 2.31. The van der Waals surface area contributed by atoms with E-state index in [0.717, 1.165) is 0 Å². The van der Waals surface area contributed by atoms with Crippen molar-refractivity contribution in [2.24, 2.45) is 5.73 Å². The lowest BCUT2D eigenvalue weighted by Gasteiger charge is -2.18. The van der Waals surface area contributed by atoms with Crippen LogP contribution in [-0.2, 0) is 6.54 Å². The minimum Gasteiger partial charge on any atom is -0.468 e. The van der Waals surface area contributed by atoms with Crippen molar-refractivity contribution < 1.29 is 18.9 Å². The Morgan fingerprint density at radius 2 is 2.03 bits per heavy atom. The fraction of sp³-hybridized carbons (Fsp3) is 0.304. The molecule has 0 fully saturated rings. The van der Waals surface area contributed by atoms with Gasteiger partial charge < -0.3 is 25.9 Å². The third kappa shape index (κ3) is 4.54. The summed E-state index contributed by atoms with van der Waals surface area (Å²) in [5.41, 5.74) is 12.4. The van der Waals surface area contributed by atoms with Gasteiger partial charge in [-0.2, -0.15) is 0 Å². The second kappa shape index (κ2) is 9.09. The molecule has 0 amide bonds. The zero-order valence-corrected chi connectivity index (χ0v) is 18.9. The zero-order valence-electron chi connectivity index (χ0n) is 18.9. The van der Waals surface area contributed by atoms with Crippen molar-refractivity contribution in [3.63, 3.8) is 0 Å². The molecule has 0 aliphatic carbocycles. The van der Waals surface area contributed by atoms with Crippen molar-refractivity contribution in [3.8, 4) is 29.2 Å². The highest BCUT2D eigenvalue weighted by molar-refractivity contribution is 5.86. The smallest absolute Gasteiger partial charge is 0.217 e. The van der Waals surface area contributed by atoms with Gasteiger partial charge in [0.1, 0.15) is 28.7 Å². The summed E-state index contributed by atoms with van der Waals surface area (Å²) in [6.07, 6.45) is -0.783. The van der Waals surface area contributed by atoms with Crippen LogP contribution in [0.2, 0.25) is 0 Å². The van der Waals surface area contributed by atoms with Crippen LogP contribution in [-0.4, -0.2) is 42.1 Å².